The quantitative estimate of drug-likeness (QED) is 0.290. The number of carbonyl (C=O) groups is 1. The average Bonchev–Trinajstić information content (AvgIpc) is 3.23. The molecule has 0 aliphatic rings. The first kappa shape index (κ1) is 29.2. The molecule has 0 unspecified atom stereocenters. The van der Waals surface area contributed by atoms with Crippen LogP contribution in [0.4, 0.5) is 10.1 Å². The fraction of sp³-hybridized carbons (Fsp3) is 0.222. The molecule has 3 N–H and O–H groups in total. The fourth-order valence-electron chi connectivity index (χ4n) is 4.13. The summed E-state index contributed by atoms with van der Waals surface area (Å²) in [6.45, 7) is 3.71. The van der Waals surface area contributed by atoms with E-state index in [-0.39, 0.29) is 45.8 Å². The van der Waals surface area contributed by atoms with Crippen molar-refractivity contribution in [1.29, 1.82) is 0 Å². The Kier molecular flexibility index (Phi) is 8.84. The second-order valence-electron chi connectivity index (χ2n) is 8.75. The maximum atomic E-state index is 15.3. The Morgan fingerprint density at radius 3 is 2.55 bits per heavy atom. The first-order valence-electron chi connectivity index (χ1n) is 12.3. The van der Waals surface area contributed by atoms with E-state index in [0.29, 0.717) is 30.1 Å². The first-order valence-corrected chi connectivity index (χ1v) is 14.2. The van der Waals surface area contributed by atoms with Crippen LogP contribution in [0, 0.1) is 5.82 Å². The molecule has 0 spiro atoms. The predicted molar refractivity (Wildman–Crippen MR) is 150 cm³/mol. The number of aryl methyl sites for hydroxylation is 1. The fourth-order valence-corrected chi connectivity index (χ4v) is 5.08. The topological polar surface area (TPSA) is 138 Å². The van der Waals surface area contributed by atoms with Gasteiger partial charge in [-0.2, -0.15) is 4.68 Å². The number of sulfonamides is 1. The monoisotopic (exact) mass is 587 g/mol. The van der Waals surface area contributed by atoms with Gasteiger partial charge in [-0.1, -0.05) is 48.9 Å². The number of nitrogens with two attached hydrogens (primary N) is 1. The molecular formula is C27H27ClFN5O5S. The molecule has 10 nitrogen and oxygen atoms in total. The number of rotatable bonds is 10. The number of anilines is 1. The molecule has 13 heteroatoms. The van der Waals surface area contributed by atoms with Crippen molar-refractivity contribution in [2.24, 2.45) is 5.14 Å². The van der Waals surface area contributed by atoms with E-state index >= 15 is 4.39 Å². The molecule has 4 rings (SSSR count). The minimum absolute atomic E-state index is 0.124. The molecule has 0 aliphatic heterocycles. The van der Waals surface area contributed by atoms with Crippen molar-refractivity contribution in [3.05, 3.63) is 93.4 Å². The van der Waals surface area contributed by atoms with Gasteiger partial charge >= 0.3 is 5.69 Å². The van der Waals surface area contributed by atoms with Crippen LogP contribution in [0.25, 0.3) is 16.8 Å². The lowest BCUT2D eigenvalue weighted by Gasteiger charge is -2.11. The van der Waals surface area contributed by atoms with Crippen LogP contribution < -0.4 is 16.1 Å². The summed E-state index contributed by atoms with van der Waals surface area (Å²) in [5.41, 5.74) is 0.850. The molecule has 1 amide bonds. The number of benzene rings is 3. The highest BCUT2D eigenvalue weighted by atomic mass is 35.5. The third kappa shape index (κ3) is 6.31. The zero-order valence-electron chi connectivity index (χ0n) is 21.7. The summed E-state index contributed by atoms with van der Waals surface area (Å²) < 4.78 is 46.8. The molecule has 1 aromatic heterocycles. The van der Waals surface area contributed by atoms with Crippen LogP contribution in [0.15, 0.2) is 70.4 Å². The Balaban J connectivity index is 1.68. The number of amides is 1. The molecule has 1 heterocycles. The Bertz CT molecular complexity index is 1740. The second kappa shape index (κ2) is 12.1. The van der Waals surface area contributed by atoms with Gasteiger partial charge in [0.2, 0.25) is 15.9 Å². The zero-order chi connectivity index (χ0) is 29.0. The minimum Gasteiger partial charge on any atom is -0.372 e. The van der Waals surface area contributed by atoms with Gasteiger partial charge in [-0.05, 0) is 42.8 Å². The third-order valence-electron chi connectivity index (χ3n) is 6.04. The number of ether oxygens (including phenoxy) is 1. The summed E-state index contributed by atoms with van der Waals surface area (Å²) in [4.78, 5) is 25.4. The molecule has 0 radical (unpaired) electrons. The lowest BCUT2D eigenvalue weighted by molar-refractivity contribution is -0.120. The van der Waals surface area contributed by atoms with Gasteiger partial charge in [0.05, 0.1) is 22.2 Å². The summed E-state index contributed by atoms with van der Waals surface area (Å²) in [5, 5.41) is 12.6. The highest BCUT2D eigenvalue weighted by Crippen LogP contribution is 2.28. The largest absolute Gasteiger partial charge is 0.372 e. The van der Waals surface area contributed by atoms with E-state index in [1.807, 2.05) is 0 Å². The molecule has 0 saturated carbocycles. The van der Waals surface area contributed by atoms with Gasteiger partial charge < -0.3 is 10.1 Å². The molecule has 0 fully saturated rings. The number of nitrogens with zero attached hydrogens (tertiary/aromatic N) is 3. The van der Waals surface area contributed by atoms with E-state index in [1.165, 1.54) is 47.0 Å². The lowest BCUT2D eigenvalue weighted by Crippen LogP contribution is -2.25. The Morgan fingerprint density at radius 2 is 1.88 bits per heavy atom. The van der Waals surface area contributed by atoms with Gasteiger partial charge in [0.15, 0.2) is 0 Å². The van der Waals surface area contributed by atoms with Crippen molar-refractivity contribution in [2.45, 2.75) is 31.7 Å². The van der Waals surface area contributed by atoms with E-state index < -0.39 is 21.5 Å². The molecule has 0 bridgehead atoms. The van der Waals surface area contributed by atoms with E-state index in [0.717, 1.165) is 4.68 Å². The van der Waals surface area contributed by atoms with Crippen molar-refractivity contribution >= 4 is 33.2 Å². The van der Waals surface area contributed by atoms with Crippen LogP contribution in [0.5, 0.6) is 0 Å². The average molecular weight is 588 g/mol. The lowest BCUT2D eigenvalue weighted by atomic mass is 10.0. The van der Waals surface area contributed by atoms with Gasteiger partial charge in [-0.15, -0.1) is 5.10 Å². The van der Waals surface area contributed by atoms with E-state index in [4.69, 9.17) is 21.5 Å². The SMILES string of the molecule is CCOCC(=O)Nc1ccc(Cl)c(-n2nc(CC)n(Cc3ccc(-c4ccccc4S(N)(=O)=O)cc3F)c2=O)c1. The summed E-state index contributed by atoms with van der Waals surface area (Å²) >= 11 is 6.38. The standard InChI is InChI=1S/C27H27ClFN5O5S/c1-3-25-32-34(23-14-19(11-12-21(23)28)31-26(35)16-39-4-2)27(36)33(25)15-18-10-9-17(13-22(18)29)20-7-5-6-8-24(20)40(30,37)38/h5-14H,3-4,15-16H2,1-2H3,(H,31,35)(H2,30,37,38). The van der Waals surface area contributed by atoms with Gasteiger partial charge in [0, 0.05) is 29.8 Å². The van der Waals surface area contributed by atoms with Crippen molar-refractivity contribution in [2.75, 3.05) is 18.5 Å². The van der Waals surface area contributed by atoms with Crippen LogP contribution in [0.3, 0.4) is 0 Å². The Morgan fingerprint density at radius 1 is 1.12 bits per heavy atom. The summed E-state index contributed by atoms with van der Waals surface area (Å²) in [6, 6.07) is 14.9. The number of primary sulfonamides is 1. The maximum absolute atomic E-state index is 15.3. The van der Waals surface area contributed by atoms with Crippen LogP contribution in [-0.2, 0) is 32.5 Å². The Hall–Kier alpha value is -3.84. The normalized spacial score (nSPS) is 11.5. The molecule has 3 aromatic carbocycles. The van der Waals surface area contributed by atoms with E-state index in [2.05, 4.69) is 10.4 Å². The molecule has 0 atom stereocenters. The predicted octanol–water partition coefficient (Wildman–Crippen LogP) is 3.73. The number of hydrogen-bond acceptors (Lipinski definition) is 6. The highest BCUT2D eigenvalue weighted by Gasteiger charge is 2.19. The summed E-state index contributed by atoms with van der Waals surface area (Å²) in [7, 11) is -4.03. The van der Waals surface area contributed by atoms with Crippen LogP contribution in [0.1, 0.15) is 25.2 Å². The van der Waals surface area contributed by atoms with E-state index in [1.54, 1.807) is 32.0 Å². The van der Waals surface area contributed by atoms with Crippen molar-refractivity contribution in [1.82, 2.24) is 14.3 Å². The van der Waals surface area contributed by atoms with Crippen molar-refractivity contribution in [3.63, 3.8) is 0 Å². The maximum Gasteiger partial charge on any atom is 0.351 e. The van der Waals surface area contributed by atoms with Crippen molar-refractivity contribution < 1.29 is 22.3 Å². The Labute approximate surface area is 235 Å². The van der Waals surface area contributed by atoms with Gasteiger partial charge in [-0.3, -0.25) is 9.36 Å². The molecule has 210 valence electrons. The number of hydrogen-bond donors (Lipinski definition) is 2. The van der Waals surface area contributed by atoms with Crippen LogP contribution >= 0.6 is 11.6 Å². The highest BCUT2D eigenvalue weighted by molar-refractivity contribution is 7.89. The third-order valence-corrected chi connectivity index (χ3v) is 7.33. The first-order chi connectivity index (χ1) is 19.0. The number of halogens is 2. The van der Waals surface area contributed by atoms with E-state index in [9.17, 15) is 18.0 Å². The molecule has 0 aliphatic carbocycles. The molecular weight excluding hydrogens is 561 g/mol. The smallest absolute Gasteiger partial charge is 0.351 e. The van der Waals surface area contributed by atoms with Gasteiger partial charge in [-0.25, -0.2) is 22.7 Å². The van der Waals surface area contributed by atoms with Crippen LogP contribution in [-0.4, -0.2) is 41.9 Å². The second-order valence-corrected chi connectivity index (χ2v) is 10.7. The number of carbonyl (C=O) groups excluding carboxylic acids is 1. The zero-order valence-corrected chi connectivity index (χ0v) is 23.3. The van der Waals surface area contributed by atoms with Gasteiger partial charge in [0.1, 0.15) is 18.2 Å². The minimum atomic E-state index is -4.03. The molecule has 4 aromatic rings. The number of aromatic nitrogens is 3. The summed E-state index contributed by atoms with van der Waals surface area (Å²) in [5.74, 6) is -0.622. The molecule has 0 saturated heterocycles. The number of nitrogens with one attached hydrogen (secondary N) is 1. The van der Waals surface area contributed by atoms with Gasteiger partial charge in [0.25, 0.3) is 0 Å². The van der Waals surface area contributed by atoms with Crippen LogP contribution in [0.2, 0.25) is 5.02 Å². The molecule has 40 heavy (non-hydrogen) atoms. The van der Waals surface area contributed by atoms with Crippen molar-refractivity contribution in [3.8, 4) is 16.8 Å². The summed E-state index contributed by atoms with van der Waals surface area (Å²) in [6.07, 6.45) is 0.367.